The van der Waals surface area contributed by atoms with Crippen molar-refractivity contribution in [3.05, 3.63) is 0 Å². The molecule has 22 heavy (non-hydrogen) atoms. The Labute approximate surface area is 138 Å². The van der Waals surface area contributed by atoms with Crippen molar-refractivity contribution in [2.24, 2.45) is 5.92 Å². The summed E-state index contributed by atoms with van der Waals surface area (Å²) in [5.74, 6) is 0.786. The Morgan fingerprint density at radius 3 is 2.27 bits per heavy atom. The molecule has 1 aliphatic heterocycles. The first-order chi connectivity index (χ1) is 10.3. The van der Waals surface area contributed by atoms with Gasteiger partial charge < -0.3 is 9.82 Å². The zero-order chi connectivity index (χ0) is 17.2. The van der Waals surface area contributed by atoms with Gasteiger partial charge in [-0.05, 0) is 53.9 Å². The van der Waals surface area contributed by atoms with Crippen molar-refractivity contribution in [3.8, 4) is 0 Å². The van der Waals surface area contributed by atoms with Gasteiger partial charge in [-0.1, -0.05) is 33.1 Å². The summed E-state index contributed by atoms with van der Waals surface area (Å²) in [7, 11) is 0.708. The summed E-state index contributed by atoms with van der Waals surface area (Å²) in [6.45, 7) is 10.9. The normalized spacial score (nSPS) is 25.3. The lowest BCUT2D eigenvalue weighted by Crippen LogP contribution is -2.32. The van der Waals surface area contributed by atoms with Crippen LogP contribution >= 0.6 is 8.73 Å². The van der Waals surface area contributed by atoms with Gasteiger partial charge in [-0.15, -0.1) is 0 Å². The minimum atomic E-state index is -0.328. The molecule has 0 radical (unpaired) electrons. The summed E-state index contributed by atoms with van der Waals surface area (Å²) in [5.41, 5.74) is 0.497. The molecule has 0 aromatic carbocycles. The molecule has 2 fully saturated rings. The van der Waals surface area contributed by atoms with Crippen molar-refractivity contribution in [2.75, 3.05) is 0 Å². The smallest absolute Gasteiger partial charge is 0.303 e. The van der Waals surface area contributed by atoms with Crippen LogP contribution in [0.5, 0.6) is 0 Å². The second-order valence-electron chi connectivity index (χ2n) is 6.61. The van der Waals surface area contributed by atoms with Gasteiger partial charge >= 0.3 is 5.97 Å². The molecule has 3 atom stereocenters. The first kappa shape index (κ1) is 21.4. The Morgan fingerprint density at radius 1 is 1.18 bits per heavy atom. The van der Waals surface area contributed by atoms with Crippen molar-refractivity contribution < 1.29 is 14.3 Å². The summed E-state index contributed by atoms with van der Waals surface area (Å²) < 4.78 is 4.80. The number of ether oxygens (including phenoxy) is 1. The molecule has 0 bridgehead atoms. The molecule has 2 rings (SSSR count). The Bertz CT molecular complexity index is 339. The molecule has 1 amide bonds. The monoisotopic (exact) mass is 331 g/mol. The van der Waals surface area contributed by atoms with E-state index in [0.29, 0.717) is 8.73 Å². The van der Waals surface area contributed by atoms with E-state index < -0.39 is 0 Å². The molecule has 0 aromatic rings. The number of carbonyl (C=O) groups is 2. The van der Waals surface area contributed by atoms with E-state index in [1.54, 1.807) is 0 Å². The van der Waals surface area contributed by atoms with Gasteiger partial charge in [0.15, 0.2) is 0 Å². The molecule has 4 nitrogen and oxygen atoms in total. The lowest BCUT2D eigenvalue weighted by molar-refractivity contribution is -0.151. The highest BCUT2D eigenvalue weighted by atomic mass is 31.1. The van der Waals surface area contributed by atoms with Crippen molar-refractivity contribution in [1.82, 2.24) is 5.09 Å². The van der Waals surface area contributed by atoms with Crippen LogP contribution in [-0.2, 0) is 14.3 Å². The highest BCUT2D eigenvalue weighted by molar-refractivity contribution is 7.37. The molecule has 1 aliphatic carbocycles. The van der Waals surface area contributed by atoms with Gasteiger partial charge in [0.1, 0.15) is 5.60 Å². The summed E-state index contributed by atoms with van der Waals surface area (Å²) in [4.78, 5) is 21.4. The van der Waals surface area contributed by atoms with Crippen LogP contribution in [0.25, 0.3) is 0 Å². The van der Waals surface area contributed by atoms with Crippen LogP contribution in [0.4, 0.5) is 0 Å². The van der Waals surface area contributed by atoms with Crippen molar-refractivity contribution in [3.63, 3.8) is 0 Å². The van der Waals surface area contributed by atoms with E-state index in [9.17, 15) is 9.59 Å². The molecule has 1 saturated carbocycles. The zero-order valence-corrected chi connectivity index (χ0v) is 16.1. The standard InChI is InChI=1S/C9H16NOP.C6H12O2.C2H6/c11-9-6-7-4-2-1-3-5-8(7)12-10-9;1-5(7)8-6(2,3)4;1-2/h7-8,12H,1-6H2,(H,10,11);1-4H3;1-2H3. The minimum Gasteiger partial charge on any atom is -0.460 e. The van der Waals surface area contributed by atoms with E-state index in [0.717, 1.165) is 18.0 Å². The van der Waals surface area contributed by atoms with Crippen LogP contribution in [0.1, 0.15) is 80.1 Å². The summed E-state index contributed by atoms with van der Waals surface area (Å²) in [5, 5.41) is 3.00. The molecule has 3 unspecified atom stereocenters. The van der Waals surface area contributed by atoms with Gasteiger partial charge in [-0.3, -0.25) is 9.59 Å². The molecular formula is C17H34NO3P. The van der Waals surface area contributed by atoms with Gasteiger partial charge in [0.25, 0.3) is 0 Å². The molecule has 2 aliphatic rings. The minimum absolute atomic E-state index is 0.225. The average Bonchev–Trinajstić information content (AvgIpc) is 2.63. The first-order valence-electron chi connectivity index (χ1n) is 8.52. The highest BCUT2D eigenvalue weighted by Crippen LogP contribution is 2.38. The summed E-state index contributed by atoms with van der Waals surface area (Å²) in [6, 6.07) is 0. The third kappa shape index (κ3) is 10.2. The fourth-order valence-corrected chi connectivity index (χ4v) is 4.03. The molecule has 0 spiro atoms. The number of hydrogen-bond acceptors (Lipinski definition) is 3. The van der Waals surface area contributed by atoms with Crippen molar-refractivity contribution in [1.29, 1.82) is 0 Å². The van der Waals surface area contributed by atoms with Crippen molar-refractivity contribution in [2.45, 2.75) is 91.3 Å². The van der Waals surface area contributed by atoms with Crippen LogP contribution in [0, 0.1) is 5.92 Å². The Balaban J connectivity index is 0.000000388. The fraction of sp³-hybridized carbons (Fsp3) is 0.882. The van der Waals surface area contributed by atoms with Gasteiger partial charge in [-0.25, -0.2) is 0 Å². The number of carbonyl (C=O) groups excluding carboxylic acids is 2. The average molecular weight is 331 g/mol. The second kappa shape index (κ2) is 11.0. The van der Waals surface area contributed by atoms with E-state index in [2.05, 4.69) is 5.09 Å². The lowest BCUT2D eigenvalue weighted by Gasteiger charge is -2.29. The van der Waals surface area contributed by atoms with Crippen LogP contribution in [0.15, 0.2) is 0 Å². The molecule has 5 heteroatoms. The molecule has 1 saturated heterocycles. The Hall–Kier alpha value is -0.630. The van der Waals surface area contributed by atoms with E-state index >= 15 is 0 Å². The molecule has 1 heterocycles. The van der Waals surface area contributed by atoms with E-state index in [4.69, 9.17) is 4.74 Å². The molecule has 0 aromatic heterocycles. The number of fused-ring (bicyclic) bond motifs is 1. The lowest BCUT2D eigenvalue weighted by atomic mass is 9.95. The quantitative estimate of drug-likeness (QED) is 0.528. The van der Waals surface area contributed by atoms with Gasteiger partial charge in [0.05, 0.1) is 0 Å². The maximum atomic E-state index is 11.1. The third-order valence-electron chi connectivity index (χ3n) is 3.45. The molecular weight excluding hydrogens is 297 g/mol. The number of esters is 1. The first-order valence-corrected chi connectivity index (χ1v) is 9.59. The van der Waals surface area contributed by atoms with E-state index in [1.165, 1.54) is 39.0 Å². The van der Waals surface area contributed by atoms with Gasteiger partial charge in [0.2, 0.25) is 5.91 Å². The summed E-state index contributed by atoms with van der Waals surface area (Å²) >= 11 is 0. The van der Waals surface area contributed by atoms with Crippen LogP contribution < -0.4 is 5.09 Å². The highest BCUT2D eigenvalue weighted by Gasteiger charge is 2.29. The Kier molecular flexibility index (Phi) is 10.7. The number of hydrogen-bond donors (Lipinski definition) is 1. The second-order valence-corrected chi connectivity index (χ2v) is 7.89. The molecule has 1 N–H and O–H groups in total. The number of rotatable bonds is 0. The van der Waals surface area contributed by atoms with E-state index in [1.807, 2.05) is 34.6 Å². The maximum Gasteiger partial charge on any atom is 0.303 e. The zero-order valence-electron chi connectivity index (χ0n) is 15.1. The Morgan fingerprint density at radius 2 is 1.77 bits per heavy atom. The topological polar surface area (TPSA) is 55.4 Å². The van der Waals surface area contributed by atoms with Gasteiger partial charge in [-0.2, -0.15) is 0 Å². The van der Waals surface area contributed by atoms with Crippen LogP contribution in [0.3, 0.4) is 0 Å². The predicted octanol–water partition coefficient (Wildman–Crippen LogP) is 4.42. The third-order valence-corrected chi connectivity index (χ3v) is 5.01. The summed E-state index contributed by atoms with van der Waals surface area (Å²) in [6.07, 6.45) is 7.56. The van der Waals surface area contributed by atoms with E-state index in [-0.39, 0.29) is 17.5 Å². The van der Waals surface area contributed by atoms with Gasteiger partial charge in [0, 0.05) is 13.3 Å². The van der Waals surface area contributed by atoms with Crippen molar-refractivity contribution >= 4 is 20.6 Å². The predicted molar refractivity (Wildman–Crippen MR) is 94.3 cm³/mol. The maximum absolute atomic E-state index is 11.1. The largest absolute Gasteiger partial charge is 0.460 e. The number of nitrogens with one attached hydrogen (secondary N) is 1. The number of amides is 1. The SMILES string of the molecule is CC.CC(=O)OC(C)(C)C.O=C1CC2CCCCCC2PN1. The fourth-order valence-electron chi connectivity index (χ4n) is 2.71. The van der Waals surface area contributed by atoms with Crippen LogP contribution in [0.2, 0.25) is 0 Å². The van der Waals surface area contributed by atoms with Crippen LogP contribution in [-0.4, -0.2) is 23.1 Å². The molecule has 130 valence electrons.